The van der Waals surface area contributed by atoms with E-state index in [1.165, 1.54) is 4.57 Å². The van der Waals surface area contributed by atoms with Crippen LogP contribution in [0, 0.1) is 0 Å². The number of anilines is 1. The number of H-pyrrole nitrogens is 1. The second-order valence-electron chi connectivity index (χ2n) is 5.97. The summed E-state index contributed by atoms with van der Waals surface area (Å²) in [5.74, 6) is 0.593. The molecule has 1 aromatic heterocycles. The second kappa shape index (κ2) is 9.31. The summed E-state index contributed by atoms with van der Waals surface area (Å²) >= 11 is 1.09. The standard InChI is InChI=1S/C17H21N5O5S/c1-2-3-6-22-16(25)20-21-17(22)28-10-14(23)19-15(24)18-11-4-5-12-13(9-11)27-8-7-26-12/h4-5,9H,2-3,6-8,10H2,1H3,(H,20,25)(H2,18,19,23,24). The highest BCUT2D eigenvalue weighted by molar-refractivity contribution is 7.99. The van der Waals surface area contributed by atoms with Crippen molar-refractivity contribution in [3.8, 4) is 11.5 Å². The highest BCUT2D eigenvalue weighted by Crippen LogP contribution is 2.32. The quantitative estimate of drug-likeness (QED) is 0.595. The van der Waals surface area contributed by atoms with Crippen molar-refractivity contribution >= 4 is 29.4 Å². The van der Waals surface area contributed by atoms with Gasteiger partial charge in [-0.05, 0) is 18.6 Å². The van der Waals surface area contributed by atoms with Crippen molar-refractivity contribution < 1.29 is 19.1 Å². The lowest BCUT2D eigenvalue weighted by Gasteiger charge is -2.19. The minimum Gasteiger partial charge on any atom is -0.486 e. The Labute approximate surface area is 165 Å². The fraction of sp³-hybridized carbons (Fsp3) is 0.412. The van der Waals surface area contributed by atoms with Crippen LogP contribution in [-0.2, 0) is 11.3 Å². The minimum absolute atomic E-state index is 0.0506. The molecule has 0 radical (unpaired) electrons. The molecule has 0 aliphatic carbocycles. The third kappa shape index (κ3) is 5.06. The monoisotopic (exact) mass is 407 g/mol. The van der Waals surface area contributed by atoms with Crippen molar-refractivity contribution in [3.05, 3.63) is 28.7 Å². The zero-order chi connectivity index (χ0) is 19.9. The topological polar surface area (TPSA) is 127 Å². The van der Waals surface area contributed by atoms with Crippen LogP contribution in [0.3, 0.4) is 0 Å². The molecule has 1 aliphatic heterocycles. The Hall–Kier alpha value is -2.95. The molecule has 28 heavy (non-hydrogen) atoms. The van der Waals surface area contributed by atoms with Gasteiger partial charge in [-0.15, -0.1) is 5.10 Å². The van der Waals surface area contributed by atoms with Crippen LogP contribution >= 0.6 is 11.8 Å². The first kappa shape index (κ1) is 19.8. The average molecular weight is 407 g/mol. The van der Waals surface area contributed by atoms with Gasteiger partial charge in [0.25, 0.3) is 0 Å². The number of unbranched alkanes of at least 4 members (excludes halogenated alkanes) is 1. The van der Waals surface area contributed by atoms with E-state index in [2.05, 4.69) is 20.8 Å². The highest BCUT2D eigenvalue weighted by atomic mass is 32.2. The number of aromatic amines is 1. The smallest absolute Gasteiger partial charge is 0.343 e. The number of benzene rings is 1. The van der Waals surface area contributed by atoms with E-state index >= 15 is 0 Å². The molecule has 2 aromatic rings. The maximum atomic E-state index is 12.0. The van der Waals surface area contributed by atoms with E-state index in [0.717, 1.165) is 24.6 Å². The molecule has 0 atom stereocenters. The molecule has 1 aliphatic rings. The fourth-order valence-electron chi connectivity index (χ4n) is 2.50. The Morgan fingerprint density at radius 2 is 2.07 bits per heavy atom. The van der Waals surface area contributed by atoms with E-state index < -0.39 is 11.9 Å². The number of thioether (sulfide) groups is 1. The first-order valence-electron chi connectivity index (χ1n) is 8.85. The van der Waals surface area contributed by atoms with Gasteiger partial charge in [-0.2, -0.15) is 0 Å². The normalized spacial score (nSPS) is 12.5. The van der Waals surface area contributed by atoms with Crippen molar-refractivity contribution in [1.29, 1.82) is 0 Å². The maximum Gasteiger partial charge on any atom is 0.343 e. The third-order valence-electron chi connectivity index (χ3n) is 3.84. The molecule has 0 spiro atoms. The van der Waals surface area contributed by atoms with Crippen molar-refractivity contribution in [2.75, 3.05) is 24.3 Å². The molecule has 2 heterocycles. The number of hydrogen-bond donors (Lipinski definition) is 3. The summed E-state index contributed by atoms with van der Waals surface area (Å²) in [6.07, 6.45) is 1.76. The van der Waals surface area contributed by atoms with Crippen LogP contribution in [0.1, 0.15) is 19.8 Å². The summed E-state index contributed by atoms with van der Waals surface area (Å²) in [6, 6.07) is 4.31. The molecular weight excluding hydrogens is 386 g/mol. The fourth-order valence-corrected chi connectivity index (χ4v) is 3.28. The number of imide groups is 1. The van der Waals surface area contributed by atoms with Crippen molar-refractivity contribution in [2.24, 2.45) is 0 Å². The number of fused-ring (bicyclic) bond motifs is 1. The SMILES string of the molecule is CCCCn1c(SCC(=O)NC(=O)Nc2ccc3c(c2)OCCO3)n[nH]c1=O. The van der Waals surface area contributed by atoms with E-state index in [0.29, 0.717) is 42.1 Å². The molecule has 0 unspecified atom stereocenters. The number of nitrogens with one attached hydrogen (secondary N) is 3. The van der Waals surface area contributed by atoms with Gasteiger partial charge in [0.1, 0.15) is 13.2 Å². The summed E-state index contributed by atoms with van der Waals surface area (Å²) in [5, 5.41) is 11.5. The molecule has 150 valence electrons. The predicted molar refractivity (Wildman–Crippen MR) is 103 cm³/mol. The molecule has 3 N–H and O–H groups in total. The van der Waals surface area contributed by atoms with Gasteiger partial charge in [-0.25, -0.2) is 14.7 Å². The van der Waals surface area contributed by atoms with Crippen LogP contribution in [0.4, 0.5) is 10.5 Å². The van der Waals surface area contributed by atoms with Crippen LogP contribution in [-0.4, -0.2) is 45.7 Å². The lowest BCUT2D eigenvalue weighted by molar-refractivity contribution is -0.117. The van der Waals surface area contributed by atoms with Gasteiger partial charge in [0.05, 0.1) is 5.75 Å². The molecule has 0 fully saturated rings. The lowest BCUT2D eigenvalue weighted by atomic mass is 10.2. The predicted octanol–water partition coefficient (Wildman–Crippen LogP) is 1.58. The van der Waals surface area contributed by atoms with Gasteiger partial charge < -0.3 is 14.8 Å². The van der Waals surface area contributed by atoms with Crippen LogP contribution in [0.15, 0.2) is 28.2 Å². The number of ether oxygens (including phenoxy) is 2. The van der Waals surface area contributed by atoms with Crippen LogP contribution in [0.5, 0.6) is 11.5 Å². The van der Waals surface area contributed by atoms with Crippen molar-refractivity contribution in [2.45, 2.75) is 31.5 Å². The van der Waals surface area contributed by atoms with Gasteiger partial charge in [-0.3, -0.25) is 14.7 Å². The van der Waals surface area contributed by atoms with Crippen LogP contribution < -0.4 is 25.8 Å². The summed E-state index contributed by atoms with van der Waals surface area (Å²) in [6.45, 7) is 3.47. The van der Waals surface area contributed by atoms with Gasteiger partial charge in [0.2, 0.25) is 5.91 Å². The maximum absolute atomic E-state index is 12.0. The molecule has 3 rings (SSSR count). The Morgan fingerprint density at radius 3 is 2.86 bits per heavy atom. The molecular formula is C17H21N5O5S. The van der Waals surface area contributed by atoms with Gasteiger partial charge in [0.15, 0.2) is 16.7 Å². The zero-order valence-electron chi connectivity index (χ0n) is 15.3. The van der Waals surface area contributed by atoms with Crippen molar-refractivity contribution in [3.63, 3.8) is 0 Å². The molecule has 11 heteroatoms. The second-order valence-corrected chi connectivity index (χ2v) is 6.91. The number of carbonyl (C=O) groups excluding carboxylic acids is 2. The lowest BCUT2D eigenvalue weighted by Crippen LogP contribution is -2.35. The largest absolute Gasteiger partial charge is 0.486 e. The number of nitrogens with zero attached hydrogens (tertiary/aromatic N) is 2. The van der Waals surface area contributed by atoms with E-state index in [4.69, 9.17) is 9.47 Å². The summed E-state index contributed by atoms with van der Waals surface area (Å²) in [7, 11) is 0. The summed E-state index contributed by atoms with van der Waals surface area (Å²) in [4.78, 5) is 35.8. The molecule has 0 bridgehead atoms. The highest BCUT2D eigenvalue weighted by Gasteiger charge is 2.15. The molecule has 0 saturated carbocycles. The number of aromatic nitrogens is 3. The van der Waals surface area contributed by atoms with E-state index in [9.17, 15) is 14.4 Å². The van der Waals surface area contributed by atoms with Crippen LogP contribution in [0.2, 0.25) is 0 Å². The first-order valence-corrected chi connectivity index (χ1v) is 9.84. The number of amides is 3. The zero-order valence-corrected chi connectivity index (χ0v) is 16.1. The average Bonchev–Trinajstić information content (AvgIpc) is 3.04. The number of hydrogen-bond acceptors (Lipinski definition) is 7. The van der Waals surface area contributed by atoms with E-state index in [-0.39, 0.29) is 11.4 Å². The number of rotatable bonds is 7. The molecule has 1 aromatic carbocycles. The Bertz CT molecular complexity index is 910. The minimum atomic E-state index is -0.660. The Balaban J connectivity index is 1.50. The third-order valence-corrected chi connectivity index (χ3v) is 4.82. The summed E-state index contributed by atoms with van der Waals surface area (Å²) in [5.41, 5.74) is 0.163. The Kier molecular flexibility index (Phi) is 6.58. The Morgan fingerprint density at radius 1 is 1.29 bits per heavy atom. The van der Waals surface area contributed by atoms with Crippen LogP contribution in [0.25, 0.3) is 0 Å². The molecule has 3 amide bonds. The molecule has 0 saturated heterocycles. The number of urea groups is 1. The van der Waals surface area contributed by atoms with Gasteiger partial charge in [0, 0.05) is 18.3 Å². The van der Waals surface area contributed by atoms with Gasteiger partial charge >= 0.3 is 11.7 Å². The number of carbonyl (C=O) groups is 2. The summed E-state index contributed by atoms with van der Waals surface area (Å²) < 4.78 is 12.3. The molecule has 10 nitrogen and oxygen atoms in total. The van der Waals surface area contributed by atoms with E-state index in [1.54, 1.807) is 18.2 Å². The van der Waals surface area contributed by atoms with Gasteiger partial charge in [-0.1, -0.05) is 25.1 Å². The van der Waals surface area contributed by atoms with E-state index in [1.807, 2.05) is 6.92 Å². The first-order chi connectivity index (χ1) is 13.6. The van der Waals surface area contributed by atoms with Crippen molar-refractivity contribution in [1.82, 2.24) is 20.1 Å².